The van der Waals surface area contributed by atoms with Crippen LogP contribution in [0.25, 0.3) is 0 Å². The number of hydrogen-bond acceptors (Lipinski definition) is 5. The number of halogens is 2. The lowest BCUT2D eigenvalue weighted by Gasteiger charge is -2.23. The smallest absolute Gasteiger partial charge is 0.262 e. The van der Waals surface area contributed by atoms with Gasteiger partial charge in [-0.1, -0.05) is 78.0 Å². The highest BCUT2D eigenvalue weighted by molar-refractivity contribution is 8.15. The Hall–Kier alpha value is -3.49. The molecular formula is C26H20ClFN4O2S. The molecule has 2 atom stereocenters. The maximum Gasteiger partial charge on any atom is 0.262 e. The molecule has 2 heterocycles. The summed E-state index contributed by atoms with van der Waals surface area (Å²) in [6.07, 6.45) is 0.521. The quantitative estimate of drug-likeness (QED) is 0.484. The first-order valence-electron chi connectivity index (χ1n) is 11.0. The molecule has 176 valence electrons. The molecule has 0 saturated heterocycles. The van der Waals surface area contributed by atoms with Gasteiger partial charge in [0.05, 0.1) is 22.5 Å². The van der Waals surface area contributed by atoms with Crippen LogP contribution in [-0.2, 0) is 9.59 Å². The van der Waals surface area contributed by atoms with E-state index in [2.05, 4.69) is 10.3 Å². The highest BCUT2D eigenvalue weighted by atomic mass is 35.5. The second-order valence-electron chi connectivity index (χ2n) is 8.10. The molecule has 2 aliphatic heterocycles. The molecule has 9 heteroatoms. The van der Waals surface area contributed by atoms with Crippen LogP contribution < -0.4 is 5.32 Å². The topological polar surface area (TPSA) is 74.1 Å². The molecule has 0 bridgehead atoms. The van der Waals surface area contributed by atoms with Crippen molar-refractivity contribution in [3.63, 3.8) is 0 Å². The largest absolute Gasteiger partial charge is 0.325 e. The Balaban J connectivity index is 1.35. The summed E-state index contributed by atoms with van der Waals surface area (Å²) in [5, 5.41) is 9.42. The fraction of sp³-hybridized carbons (Fsp3) is 0.154. The maximum atomic E-state index is 13.6. The number of nitrogens with one attached hydrogen (secondary N) is 1. The lowest BCUT2D eigenvalue weighted by molar-refractivity contribution is -0.121. The second kappa shape index (κ2) is 10.0. The van der Waals surface area contributed by atoms with Crippen molar-refractivity contribution < 1.29 is 14.0 Å². The fourth-order valence-corrected chi connectivity index (χ4v) is 5.22. The number of amides is 2. The molecule has 0 fully saturated rings. The minimum Gasteiger partial charge on any atom is -0.325 e. The first kappa shape index (κ1) is 23.3. The van der Waals surface area contributed by atoms with Gasteiger partial charge in [-0.15, -0.1) is 0 Å². The van der Waals surface area contributed by atoms with E-state index in [-0.39, 0.29) is 30.1 Å². The van der Waals surface area contributed by atoms with Gasteiger partial charge in [-0.2, -0.15) is 10.1 Å². The molecule has 6 nitrogen and oxygen atoms in total. The van der Waals surface area contributed by atoms with Crippen LogP contribution in [0.1, 0.15) is 30.0 Å². The van der Waals surface area contributed by atoms with E-state index in [9.17, 15) is 14.0 Å². The van der Waals surface area contributed by atoms with Crippen LogP contribution >= 0.6 is 23.4 Å². The molecule has 1 N–H and O–H groups in total. The number of benzene rings is 3. The number of para-hydroxylation sites is 1. The summed E-state index contributed by atoms with van der Waals surface area (Å²) in [6.45, 7) is 0. The zero-order chi connectivity index (χ0) is 24.4. The lowest BCUT2D eigenvalue weighted by Crippen LogP contribution is -2.25. The number of anilines is 1. The van der Waals surface area contributed by atoms with Crippen LogP contribution in [0.3, 0.4) is 0 Å². The van der Waals surface area contributed by atoms with Crippen LogP contribution in [-0.4, -0.2) is 33.0 Å². The Morgan fingerprint density at radius 2 is 1.77 bits per heavy atom. The Kier molecular flexibility index (Phi) is 6.66. The first-order chi connectivity index (χ1) is 17.0. The van der Waals surface area contributed by atoms with E-state index in [0.717, 1.165) is 16.8 Å². The number of amidine groups is 1. The number of nitrogens with zero attached hydrogens (tertiary/aromatic N) is 3. The number of carbonyl (C=O) groups is 2. The summed E-state index contributed by atoms with van der Waals surface area (Å²) < 4.78 is 13.6. The van der Waals surface area contributed by atoms with E-state index in [4.69, 9.17) is 16.7 Å². The van der Waals surface area contributed by atoms with Gasteiger partial charge in [-0.25, -0.2) is 9.40 Å². The van der Waals surface area contributed by atoms with Gasteiger partial charge in [0.1, 0.15) is 11.1 Å². The zero-order valence-corrected chi connectivity index (χ0v) is 20.0. The lowest BCUT2D eigenvalue weighted by atomic mass is 9.99. The third kappa shape index (κ3) is 5.13. The molecule has 0 aliphatic carbocycles. The number of hydrogen-bond donors (Lipinski definition) is 1. The van der Waals surface area contributed by atoms with E-state index in [1.54, 1.807) is 41.4 Å². The van der Waals surface area contributed by atoms with Gasteiger partial charge in [0, 0.05) is 12.8 Å². The minimum absolute atomic E-state index is 0.0496. The number of rotatable bonds is 5. The SMILES string of the molecule is O=C(C[C@@H]1SC(N2N=C(c3ccccc3)C[C@H]2c2ccc(F)cc2)=NC1=O)Nc1ccccc1Cl. The Bertz CT molecular complexity index is 1330. The zero-order valence-electron chi connectivity index (χ0n) is 18.4. The fourth-order valence-electron chi connectivity index (χ4n) is 3.97. The van der Waals surface area contributed by atoms with E-state index in [1.165, 1.54) is 23.9 Å². The number of aliphatic imine (C=N–C) groups is 1. The van der Waals surface area contributed by atoms with Gasteiger partial charge in [0.15, 0.2) is 5.17 Å². The molecule has 5 rings (SSSR count). The Labute approximate surface area is 210 Å². The van der Waals surface area contributed by atoms with Crippen LogP contribution in [0.15, 0.2) is 89.0 Å². The summed E-state index contributed by atoms with van der Waals surface area (Å²) in [4.78, 5) is 29.5. The van der Waals surface area contributed by atoms with Gasteiger partial charge in [-0.05, 0) is 35.4 Å². The van der Waals surface area contributed by atoms with Crippen molar-refractivity contribution in [2.45, 2.75) is 24.1 Å². The van der Waals surface area contributed by atoms with E-state index < -0.39 is 5.25 Å². The average Bonchev–Trinajstić information content (AvgIpc) is 3.46. The molecule has 2 aliphatic rings. The molecule has 0 radical (unpaired) electrons. The van der Waals surface area contributed by atoms with Crippen LogP contribution in [0.5, 0.6) is 0 Å². The number of thioether (sulfide) groups is 1. The predicted molar refractivity (Wildman–Crippen MR) is 137 cm³/mol. The molecule has 35 heavy (non-hydrogen) atoms. The Morgan fingerprint density at radius 3 is 2.51 bits per heavy atom. The van der Waals surface area contributed by atoms with E-state index in [0.29, 0.717) is 22.3 Å². The van der Waals surface area contributed by atoms with E-state index in [1.807, 2.05) is 30.3 Å². The van der Waals surface area contributed by atoms with Gasteiger partial charge in [-0.3, -0.25) is 9.59 Å². The predicted octanol–water partition coefficient (Wildman–Crippen LogP) is 5.66. The normalized spacial score (nSPS) is 19.5. The van der Waals surface area contributed by atoms with Gasteiger partial charge in [0.2, 0.25) is 5.91 Å². The highest BCUT2D eigenvalue weighted by Crippen LogP contribution is 2.38. The molecule has 0 spiro atoms. The summed E-state index contributed by atoms with van der Waals surface area (Å²) in [6, 6.07) is 22.7. The van der Waals surface area contributed by atoms with Gasteiger partial charge >= 0.3 is 0 Å². The minimum atomic E-state index is -0.669. The van der Waals surface area contributed by atoms with Gasteiger partial charge in [0.25, 0.3) is 5.91 Å². The van der Waals surface area contributed by atoms with Crippen LogP contribution in [0.2, 0.25) is 5.02 Å². The van der Waals surface area contributed by atoms with Crippen molar-refractivity contribution in [3.05, 3.63) is 101 Å². The molecule has 3 aromatic rings. The van der Waals surface area contributed by atoms with Crippen molar-refractivity contribution in [2.24, 2.45) is 10.1 Å². The molecule has 2 amide bonds. The van der Waals surface area contributed by atoms with E-state index >= 15 is 0 Å². The summed E-state index contributed by atoms with van der Waals surface area (Å²) in [5.41, 5.74) is 3.16. The molecule has 0 unspecified atom stereocenters. The number of hydrazone groups is 1. The monoisotopic (exact) mass is 506 g/mol. The highest BCUT2D eigenvalue weighted by Gasteiger charge is 2.39. The summed E-state index contributed by atoms with van der Waals surface area (Å²) >= 11 is 7.33. The van der Waals surface area contributed by atoms with Gasteiger partial charge < -0.3 is 5.32 Å². The first-order valence-corrected chi connectivity index (χ1v) is 12.2. The van der Waals surface area contributed by atoms with Crippen LogP contribution in [0, 0.1) is 5.82 Å². The maximum absolute atomic E-state index is 13.6. The van der Waals surface area contributed by atoms with Crippen molar-refractivity contribution in [2.75, 3.05) is 5.32 Å². The standard InChI is InChI=1S/C26H20ClFN4O2S/c27-19-8-4-5-9-20(19)29-24(33)15-23-25(34)30-26(35-23)32-22(17-10-12-18(28)13-11-17)14-21(31-32)16-6-2-1-3-7-16/h1-13,22-23H,14-15H2,(H,29,33)/t22-,23-/m0/s1. The molecular weight excluding hydrogens is 487 g/mol. The summed E-state index contributed by atoms with van der Waals surface area (Å²) in [7, 11) is 0. The number of carbonyl (C=O) groups excluding carboxylic acids is 2. The average molecular weight is 507 g/mol. The Morgan fingerprint density at radius 1 is 1.06 bits per heavy atom. The molecule has 3 aromatic carbocycles. The van der Waals surface area contributed by atoms with Crippen LogP contribution in [0.4, 0.5) is 10.1 Å². The van der Waals surface area contributed by atoms with Crippen molar-refractivity contribution >= 4 is 51.7 Å². The molecule has 0 saturated carbocycles. The summed E-state index contributed by atoms with van der Waals surface area (Å²) in [5.74, 6) is -1.04. The second-order valence-corrected chi connectivity index (χ2v) is 9.68. The van der Waals surface area contributed by atoms with Crippen molar-refractivity contribution in [3.8, 4) is 0 Å². The van der Waals surface area contributed by atoms with Crippen molar-refractivity contribution in [1.29, 1.82) is 0 Å². The third-order valence-corrected chi connectivity index (χ3v) is 7.19. The molecule has 0 aromatic heterocycles. The third-order valence-electron chi connectivity index (χ3n) is 5.72. The van der Waals surface area contributed by atoms with Crippen molar-refractivity contribution in [1.82, 2.24) is 5.01 Å².